The molecule has 0 radical (unpaired) electrons. The van der Waals surface area contributed by atoms with E-state index < -0.39 is 17.7 Å². The Bertz CT molecular complexity index is 1060. The summed E-state index contributed by atoms with van der Waals surface area (Å²) in [5, 5.41) is 31.2. The largest absolute Gasteiger partial charge is 0.396 e. The Morgan fingerprint density at radius 1 is 1.14 bits per heavy atom. The van der Waals surface area contributed by atoms with Crippen LogP contribution in [0.1, 0.15) is 36.8 Å². The lowest BCUT2D eigenvalue weighted by Crippen LogP contribution is -2.16. The molecule has 2 aliphatic rings. The lowest BCUT2D eigenvalue weighted by molar-refractivity contribution is 0.0906. The monoisotopic (exact) mass is 402 g/mol. The minimum absolute atomic E-state index is 0.0372. The molecule has 152 valence electrons. The summed E-state index contributed by atoms with van der Waals surface area (Å²) in [5.41, 5.74) is 1.82. The van der Waals surface area contributed by atoms with Crippen LogP contribution in [0.3, 0.4) is 0 Å². The van der Waals surface area contributed by atoms with E-state index in [0.29, 0.717) is 29.8 Å². The third-order valence-corrected chi connectivity index (χ3v) is 5.96. The molecule has 2 heterocycles. The van der Waals surface area contributed by atoms with E-state index in [2.05, 4.69) is 25.6 Å². The third-order valence-electron chi connectivity index (χ3n) is 5.96. The number of hydrogen-bond donors (Lipinski definition) is 3. The Balaban J connectivity index is 1.36. The van der Waals surface area contributed by atoms with Gasteiger partial charge in [0, 0.05) is 24.5 Å². The second kappa shape index (κ2) is 6.96. The minimum atomic E-state index is -0.853. The molecular formula is C19H20F2N6O2. The number of anilines is 1. The van der Waals surface area contributed by atoms with Crippen molar-refractivity contribution in [1.82, 2.24) is 25.0 Å². The van der Waals surface area contributed by atoms with Gasteiger partial charge in [-0.1, -0.05) is 11.3 Å². The number of hydrogen-bond acceptors (Lipinski definition) is 7. The Labute approximate surface area is 164 Å². The summed E-state index contributed by atoms with van der Waals surface area (Å²) in [7, 11) is 0. The van der Waals surface area contributed by atoms with Crippen LogP contribution in [0.15, 0.2) is 24.5 Å². The van der Waals surface area contributed by atoms with Gasteiger partial charge in [-0.15, -0.1) is 5.10 Å². The van der Waals surface area contributed by atoms with Crippen molar-refractivity contribution >= 4 is 17.0 Å². The van der Waals surface area contributed by atoms with Crippen LogP contribution in [0, 0.1) is 17.6 Å². The van der Waals surface area contributed by atoms with Crippen molar-refractivity contribution in [2.24, 2.45) is 5.92 Å². The van der Waals surface area contributed by atoms with Gasteiger partial charge in [-0.3, -0.25) is 0 Å². The van der Waals surface area contributed by atoms with Crippen molar-refractivity contribution in [3.05, 3.63) is 41.7 Å². The van der Waals surface area contributed by atoms with Crippen molar-refractivity contribution in [2.45, 2.75) is 43.4 Å². The zero-order valence-corrected chi connectivity index (χ0v) is 15.4. The van der Waals surface area contributed by atoms with Crippen molar-refractivity contribution in [1.29, 1.82) is 0 Å². The summed E-state index contributed by atoms with van der Waals surface area (Å²) in [6, 6.07) is 3.92. The molecule has 0 bridgehead atoms. The zero-order valence-electron chi connectivity index (χ0n) is 15.4. The Morgan fingerprint density at radius 2 is 2.00 bits per heavy atom. The first-order valence-corrected chi connectivity index (χ1v) is 9.61. The van der Waals surface area contributed by atoms with Gasteiger partial charge in [0.15, 0.2) is 28.6 Å². The number of nitrogens with one attached hydrogen (secondary N) is 1. The maximum absolute atomic E-state index is 13.5. The molecule has 2 saturated carbocycles. The number of halogens is 2. The number of aliphatic hydroxyl groups is 2. The van der Waals surface area contributed by atoms with Crippen LogP contribution in [0.25, 0.3) is 11.2 Å². The summed E-state index contributed by atoms with van der Waals surface area (Å²) < 4.78 is 28.3. The van der Waals surface area contributed by atoms with Gasteiger partial charge in [-0.05, 0) is 37.0 Å². The van der Waals surface area contributed by atoms with E-state index in [0.717, 1.165) is 18.1 Å². The van der Waals surface area contributed by atoms with E-state index in [-0.39, 0.29) is 30.5 Å². The summed E-state index contributed by atoms with van der Waals surface area (Å²) >= 11 is 0. The number of nitrogens with zero attached hydrogens (tertiary/aromatic N) is 5. The molecule has 0 aliphatic heterocycles. The first-order valence-electron chi connectivity index (χ1n) is 9.61. The van der Waals surface area contributed by atoms with Crippen molar-refractivity contribution in [3.63, 3.8) is 0 Å². The standard InChI is InChI=1S/C19H20F2N6O2/c20-13-2-1-9(4-14(13)21)12-6-15(12)24-18-17-19(23-8-22-18)27(26-25-17)11-3-10(7-28)16(29)5-11/h1-2,4,8,10-12,15-16,28-29H,3,5-7H2,(H,22,23,24)/t10-,11+,12-,15+,16?/m0/s1. The van der Waals surface area contributed by atoms with Crippen LogP contribution in [0.5, 0.6) is 0 Å². The van der Waals surface area contributed by atoms with Crippen LogP contribution in [0.2, 0.25) is 0 Å². The average Bonchev–Trinajstić information content (AvgIpc) is 3.16. The molecule has 3 aromatic rings. The van der Waals surface area contributed by atoms with Crippen LogP contribution >= 0.6 is 0 Å². The highest BCUT2D eigenvalue weighted by Gasteiger charge is 2.40. The SMILES string of the molecule is OC[C@@H]1C[C@@H](n2nnc3c(N[C@@H]4C[C@H]4c4ccc(F)c(F)c4)ncnc32)CC1O. The molecule has 5 rings (SSSR count). The summed E-state index contributed by atoms with van der Waals surface area (Å²) in [6.45, 7) is -0.0703. The van der Waals surface area contributed by atoms with E-state index in [4.69, 9.17) is 0 Å². The molecule has 10 heteroatoms. The molecule has 1 unspecified atom stereocenters. The summed E-state index contributed by atoms with van der Waals surface area (Å²) in [4.78, 5) is 8.57. The Hall–Kier alpha value is -2.72. The van der Waals surface area contributed by atoms with Gasteiger partial charge in [0.05, 0.1) is 12.1 Å². The fraction of sp³-hybridized carbons (Fsp3) is 0.474. The predicted molar refractivity (Wildman–Crippen MR) is 99.1 cm³/mol. The van der Waals surface area contributed by atoms with Crippen LogP contribution in [-0.4, -0.2) is 53.9 Å². The van der Waals surface area contributed by atoms with Gasteiger partial charge < -0.3 is 15.5 Å². The van der Waals surface area contributed by atoms with E-state index >= 15 is 0 Å². The molecular weight excluding hydrogens is 382 g/mol. The fourth-order valence-electron chi connectivity index (χ4n) is 4.23. The fourth-order valence-corrected chi connectivity index (χ4v) is 4.23. The topological polar surface area (TPSA) is 109 Å². The Kier molecular flexibility index (Phi) is 4.39. The van der Waals surface area contributed by atoms with Gasteiger partial charge in [0.2, 0.25) is 0 Å². The van der Waals surface area contributed by atoms with Crippen molar-refractivity contribution in [2.75, 3.05) is 11.9 Å². The number of rotatable bonds is 5. The smallest absolute Gasteiger partial charge is 0.184 e. The van der Waals surface area contributed by atoms with E-state index in [1.807, 2.05) is 0 Å². The number of fused-ring (bicyclic) bond motifs is 1. The van der Waals surface area contributed by atoms with E-state index in [1.165, 1.54) is 12.4 Å². The third kappa shape index (κ3) is 3.22. The molecule has 0 amide bonds. The Morgan fingerprint density at radius 3 is 2.76 bits per heavy atom. The minimum Gasteiger partial charge on any atom is -0.396 e. The maximum Gasteiger partial charge on any atom is 0.184 e. The van der Waals surface area contributed by atoms with Crippen LogP contribution in [-0.2, 0) is 0 Å². The summed E-state index contributed by atoms with van der Waals surface area (Å²) in [5.74, 6) is -1.27. The highest BCUT2D eigenvalue weighted by Crippen LogP contribution is 2.43. The molecule has 5 atom stereocenters. The molecule has 0 spiro atoms. The second-order valence-electron chi connectivity index (χ2n) is 7.83. The van der Waals surface area contributed by atoms with Crippen molar-refractivity contribution < 1.29 is 19.0 Å². The van der Waals surface area contributed by atoms with Crippen LogP contribution < -0.4 is 5.32 Å². The molecule has 2 fully saturated rings. The average molecular weight is 402 g/mol. The zero-order chi connectivity index (χ0) is 20.1. The van der Waals surface area contributed by atoms with Crippen LogP contribution in [0.4, 0.5) is 14.6 Å². The van der Waals surface area contributed by atoms with Gasteiger partial charge in [-0.25, -0.2) is 23.4 Å². The van der Waals surface area contributed by atoms with Gasteiger partial charge in [-0.2, -0.15) is 0 Å². The number of aromatic nitrogens is 5. The van der Waals surface area contributed by atoms with Gasteiger partial charge in [0.1, 0.15) is 6.33 Å². The van der Waals surface area contributed by atoms with Gasteiger partial charge in [0.25, 0.3) is 0 Å². The molecule has 2 aliphatic carbocycles. The molecule has 1 aromatic carbocycles. The molecule has 0 saturated heterocycles. The van der Waals surface area contributed by atoms with Gasteiger partial charge >= 0.3 is 0 Å². The first-order chi connectivity index (χ1) is 14.0. The normalized spacial score (nSPS) is 28.8. The first kappa shape index (κ1) is 18.3. The highest BCUT2D eigenvalue weighted by molar-refractivity contribution is 5.82. The van der Waals surface area contributed by atoms with Crippen molar-refractivity contribution in [3.8, 4) is 0 Å². The predicted octanol–water partition coefficient (Wildman–Crippen LogP) is 1.77. The quantitative estimate of drug-likeness (QED) is 0.597. The molecule has 2 aromatic heterocycles. The lowest BCUT2D eigenvalue weighted by atomic mass is 10.1. The molecule has 29 heavy (non-hydrogen) atoms. The number of aliphatic hydroxyl groups excluding tert-OH is 2. The molecule has 8 nitrogen and oxygen atoms in total. The second-order valence-corrected chi connectivity index (χ2v) is 7.83. The summed E-state index contributed by atoms with van der Waals surface area (Å²) in [6.07, 6.45) is 2.71. The lowest BCUT2D eigenvalue weighted by Gasteiger charge is -2.10. The number of benzene rings is 1. The maximum atomic E-state index is 13.5. The van der Waals surface area contributed by atoms with E-state index in [1.54, 1.807) is 10.7 Å². The van der Waals surface area contributed by atoms with E-state index in [9.17, 15) is 19.0 Å². The molecule has 3 N–H and O–H groups in total. The highest BCUT2D eigenvalue weighted by atomic mass is 19.2.